The van der Waals surface area contributed by atoms with Crippen LogP contribution in [0.2, 0.25) is 0 Å². The number of hydrogen-bond donors (Lipinski definition) is 1. The Bertz CT molecular complexity index is 335. The predicted molar refractivity (Wildman–Crippen MR) is 68.9 cm³/mol. The standard InChI is InChI=1S/C12H21N3S/c1-9(2)6-11-12(14-8-16-11)10-7-13-4-5-15(10)3/h8-10,13H,4-7H2,1-3H3. The van der Waals surface area contributed by atoms with Crippen molar-refractivity contribution in [3.05, 3.63) is 16.1 Å². The van der Waals surface area contributed by atoms with Gasteiger partial charge >= 0.3 is 0 Å². The smallest absolute Gasteiger partial charge is 0.0798 e. The van der Waals surface area contributed by atoms with E-state index in [9.17, 15) is 0 Å². The lowest BCUT2D eigenvalue weighted by atomic mass is 10.0. The maximum atomic E-state index is 4.58. The van der Waals surface area contributed by atoms with Crippen LogP contribution >= 0.6 is 11.3 Å². The number of hydrogen-bond acceptors (Lipinski definition) is 4. The fourth-order valence-corrected chi connectivity index (χ4v) is 3.22. The molecule has 1 aromatic rings. The van der Waals surface area contributed by atoms with Crippen LogP contribution in [0.15, 0.2) is 5.51 Å². The molecule has 0 saturated carbocycles. The second-order valence-electron chi connectivity index (χ2n) is 4.96. The zero-order valence-electron chi connectivity index (χ0n) is 10.4. The Labute approximate surface area is 102 Å². The largest absolute Gasteiger partial charge is 0.313 e. The average molecular weight is 239 g/mol. The topological polar surface area (TPSA) is 28.2 Å². The summed E-state index contributed by atoms with van der Waals surface area (Å²) < 4.78 is 0. The zero-order chi connectivity index (χ0) is 11.5. The van der Waals surface area contributed by atoms with Gasteiger partial charge in [-0.25, -0.2) is 4.98 Å². The molecule has 0 amide bonds. The van der Waals surface area contributed by atoms with Crippen molar-refractivity contribution in [3.8, 4) is 0 Å². The molecule has 90 valence electrons. The highest BCUT2D eigenvalue weighted by Gasteiger charge is 2.24. The molecule has 3 nitrogen and oxygen atoms in total. The van der Waals surface area contributed by atoms with E-state index in [4.69, 9.17) is 0 Å². The summed E-state index contributed by atoms with van der Waals surface area (Å²) >= 11 is 1.81. The van der Waals surface area contributed by atoms with Gasteiger partial charge in [0.25, 0.3) is 0 Å². The Kier molecular flexibility index (Phi) is 3.95. The lowest BCUT2D eigenvalue weighted by Crippen LogP contribution is -2.44. The molecule has 1 aromatic heterocycles. The predicted octanol–water partition coefficient (Wildman–Crippen LogP) is 1.92. The summed E-state index contributed by atoms with van der Waals surface area (Å²) in [6, 6.07) is 0.466. The van der Waals surface area contributed by atoms with Crippen molar-refractivity contribution in [2.45, 2.75) is 26.3 Å². The lowest BCUT2D eigenvalue weighted by molar-refractivity contribution is 0.198. The minimum absolute atomic E-state index is 0.466. The van der Waals surface area contributed by atoms with E-state index in [0.717, 1.165) is 26.1 Å². The summed E-state index contributed by atoms with van der Waals surface area (Å²) in [5.41, 5.74) is 3.29. The Morgan fingerprint density at radius 3 is 3.12 bits per heavy atom. The van der Waals surface area contributed by atoms with Crippen molar-refractivity contribution in [2.75, 3.05) is 26.7 Å². The van der Waals surface area contributed by atoms with Crippen LogP contribution in [-0.2, 0) is 6.42 Å². The summed E-state index contributed by atoms with van der Waals surface area (Å²) in [5.74, 6) is 0.709. The molecular formula is C12H21N3S. The van der Waals surface area contributed by atoms with E-state index < -0.39 is 0 Å². The van der Waals surface area contributed by atoms with Crippen molar-refractivity contribution in [1.82, 2.24) is 15.2 Å². The maximum absolute atomic E-state index is 4.58. The van der Waals surface area contributed by atoms with Crippen LogP contribution < -0.4 is 5.32 Å². The Balaban J connectivity index is 2.15. The van der Waals surface area contributed by atoms with E-state index in [-0.39, 0.29) is 0 Å². The first kappa shape index (κ1) is 12.0. The third-order valence-corrected chi connectivity index (χ3v) is 3.96. The van der Waals surface area contributed by atoms with E-state index in [1.54, 1.807) is 0 Å². The van der Waals surface area contributed by atoms with Gasteiger partial charge in [-0.3, -0.25) is 4.90 Å². The molecule has 1 fully saturated rings. The molecule has 2 heterocycles. The van der Waals surface area contributed by atoms with Crippen molar-refractivity contribution < 1.29 is 0 Å². The van der Waals surface area contributed by atoms with Crippen molar-refractivity contribution >= 4 is 11.3 Å². The minimum Gasteiger partial charge on any atom is -0.313 e. The Hall–Kier alpha value is -0.450. The molecule has 0 spiro atoms. The molecule has 0 bridgehead atoms. The fourth-order valence-electron chi connectivity index (χ4n) is 2.19. The van der Waals surface area contributed by atoms with E-state index >= 15 is 0 Å². The molecular weight excluding hydrogens is 218 g/mol. The monoisotopic (exact) mass is 239 g/mol. The Morgan fingerprint density at radius 2 is 2.44 bits per heavy atom. The third-order valence-electron chi connectivity index (χ3n) is 3.09. The van der Waals surface area contributed by atoms with Crippen LogP contribution in [0.4, 0.5) is 0 Å². The molecule has 1 saturated heterocycles. The van der Waals surface area contributed by atoms with Gasteiger partial charge in [-0.15, -0.1) is 11.3 Å². The number of rotatable bonds is 3. The van der Waals surface area contributed by atoms with Gasteiger partial charge in [0.2, 0.25) is 0 Å². The summed E-state index contributed by atoms with van der Waals surface area (Å²) in [4.78, 5) is 8.46. The second kappa shape index (κ2) is 5.25. The highest BCUT2D eigenvalue weighted by Crippen LogP contribution is 2.27. The summed E-state index contributed by atoms with van der Waals surface area (Å²) in [7, 11) is 2.20. The highest BCUT2D eigenvalue weighted by molar-refractivity contribution is 7.09. The van der Waals surface area contributed by atoms with Crippen LogP contribution in [0.5, 0.6) is 0 Å². The normalized spacial score (nSPS) is 22.9. The maximum Gasteiger partial charge on any atom is 0.0798 e. The quantitative estimate of drug-likeness (QED) is 0.873. The van der Waals surface area contributed by atoms with Crippen molar-refractivity contribution in [3.63, 3.8) is 0 Å². The van der Waals surface area contributed by atoms with Crippen LogP contribution in [0, 0.1) is 5.92 Å². The van der Waals surface area contributed by atoms with Gasteiger partial charge in [0.1, 0.15) is 0 Å². The van der Waals surface area contributed by atoms with Gasteiger partial charge < -0.3 is 5.32 Å². The first-order valence-electron chi connectivity index (χ1n) is 6.01. The molecule has 1 aliphatic heterocycles. The number of piperazine rings is 1. The first-order chi connectivity index (χ1) is 7.68. The van der Waals surface area contributed by atoms with Crippen LogP contribution in [0.3, 0.4) is 0 Å². The molecule has 2 rings (SSSR count). The minimum atomic E-state index is 0.466. The summed E-state index contributed by atoms with van der Waals surface area (Å²) in [5, 5.41) is 3.46. The van der Waals surface area contributed by atoms with Crippen LogP contribution in [0.25, 0.3) is 0 Å². The molecule has 0 aromatic carbocycles. The number of likely N-dealkylation sites (N-methyl/N-ethyl adjacent to an activating group) is 1. The first-order valence-corrected chi connectivity index (χ1v) is 6.89. The lowest BCUT2D eigenvalue weighted by Gasteiger charge is -2.32. The molecule has 0 aliphatic carbocycles. The van der Waals surface area contributed by atoms with Crippen LogP contribution in [-0.4, -0.2) is 36.6 Å². The summed E-state index contributed by atoms with van der Waals surface area (Å²) in [6.07, 6.45) is 1.16. The molecule has 1 atom stereocenters. The van der Waals surface area contributed by atoms with Gasteiger partial charge in [0.05, 0.1) is 17.2 Å². The molecule has 4 heteroatoms. The highest BCUT2D eigenvalue weighted by atomic mass is 32.1. The second-order valence-corrected chi connectivity index (χ2v) is 5.90. The van der Waals surface area contributed by atoms with E-state index in [1.807, 2.05) is 16.8 Å². The van der Waals surface area contributed by atoms with E-state index in [2.05, 4.69) is 36.1 Å². The van der Waals surface area contributed by atoms with E-state index in [0.29, 0.717) is 12.0 Å². The third kappa shape index (κ3) is 2.62. The van der Waals surface area contributed by atoms with E-state index in [1.165, 1.54) is 10.6 Å². The van der Waals surface area contributed by atoms with Crippen LogP contribution in [0.1, 0.15) is 30.5 Å². The number of nitrogens with zero attached hydrogens (tertiary/aromatic N) is 2. The number of thiazole rings is 1. The number of aromatic nitrogens is 1. The SMILES string of the molecule is CC(C)Cc1scnc1C1CNCCN1C. The van der Waals surface area contributed by atoms with Crippen molar-refractivity contribution in [2.24, 2.45) is 5.92 Å². The fraction of sp³-hybridized carbons (Fsp3) is 0.750. The van der Waals surface area contributed by atoms with Gasteiger partial charge in [0, 0.05) is 24.5 Å². The van der Waals surface area contributed by atoms with Gasteiger partial charge in [-0.2, -0.15) is 0 Å². The molecule has 16 heavy (non-hydrogen) atoms. The molecule has 0 radical (unpaired) electrons. The molecule has 1 N–H and O–H groups in total. The Morgan fingerprint density at radius 1 is 1.62 bits per heavy atom. The molecule has 1 unspecified atom stereocenters. The summed E-state index contributed by atoms with van der Waals surface area (Å²) in [6.45, 7) is 7.78. The molecule has 1 aliphatic rings. The average Bonchev–Trinajstić information content (AvgIpc) is 2.66. The van der Waals surface area contributed by atoms with Gasteiger partial charge in [0.15, 0.2) is 0 Å². The van der Waals surface area contributed by atoms with Gasteiger partial charge in [-0.1, -0.05) is 13.8 Å². The van der Waals surface area contributed by atoms with Crippen molar-refractivity contribution in [1.29, 1.82) is 0 Å². The zero-order valence-corrected chi connectivity index (χ0v) is 11.2. The van der Waals surface area contributed by atoms with Gasteiger partial charge in [-0.05, 0) is 19.4 Å². The number of nitrogens with one attached hydrogen (secondary N) is 1.